The average molecular weight is 1410 g/mol. The van der Waals surface area contributed by atoms with Gasteiger partial charge in [-0.15, -0.1) is 0 Å². The van der Waals surface area contributed by atoms with Gasteiger partial charge in [-0.05, 0) is 103 Å². The summed E-state index contributed by atoms with van der Waals surface area (Å²) < 4.78 is 60.9. The normalized spacial score (nSPS) is 14.6. The van der Waals surface area contributed by atoms with Crippen LogP contribution in [0.15, 0.2) is 97.2 Å². The number of phosphoric acid groups is 2. The lowest BCUT2D eigenvalue weighted by Gasteiger charge is -2.21. The minimum absolute atomic E-state index is 0.106. The molecule has 0 heterocycles. The zero-order chi connectivity index (χ0) is 70.9. The van der Waals surface area contributed by atoms with Crippen LogP contribution in [-0.4, -0.2) is 95.9 Å². The van der Waals surface area contributed by atoms with Crippen molar-refractivity contribution in [2.45, 2.75) is 347 Å². The van der Waals surface area contributed by atoms with Crippen molar-refractivity contribution in [2.75, 3.05) is 39.6 Å². The molecule has 5 unspecified atom stereocenters. The van der Waals surface area contributed by atoms with Crippen LogP contribution in [0, 0.1) is 0 Å². The van der Waals surface area contributed by atoms with Crippen molar-refractivity contribution in [1.82, 2.24) is 0 Å². The Kier molecular flexibility index (Phi) is 69.6. The third-order valence-corrected chi connectivity index (χ3v) is 18.2. The summed E-state index contributed by atoms with van der Waals surface area (Å²) in [6.07, 6.45) is 82.0. The summed E-state index contributed by atoms with van der Waals surface area (Å²) in [5.74, 6) is -1.58. The minimum atomic E-state index is -4.92. The monoisotopic (exact) mass is 1410 g/mol. The second-order valence-corrected chi connectivity index (χ2v) is 28.7. The summed E-state index contributed by atoms with van der Waals surface area (Å²) in [6.45, 7) is 2.53. The summed E-state index contributed by atoms with van der Waals surface area (Å²) in [6, 6.07) is 0. The van der Waals surface area contributed by atoms with Gasteiger partial charge in [-0.3, -0.25) is 32.5 Å². The highest BCUT2D eigenvalue weighted by Crippen LogP contribution is 2.45. The Morgan fingerprint density at radius 3 is 0.887 bits per heavy atom. The molecule has 562 valence electrons. The van der Waals surface area contributed by atoms with E-state index in [1.54, 1.807) is 0 Å². The number of aliphatic hydroxyl groups is 2. The number of esters is 3. The van der Waals surface area contributed by atoms with Crippen molar-refractivity contribution in [2.24, 2.45) is 0 Å². The molecule has 0 bridgehead atoms. The topological polar surface area (TPSA) is 231 Å². The number of hydrogen-bond donors (Lipinski definition) is 4. The van der Waals surface area contributed by atoms with E-state index in [0.29, 0.717) is 19.3 Å². The Labute approximate surface area is 590 Å². The number of aliphatic hydroxyl groups excluding tert-OH is 2. The fourth-order valence-corrected chi connectivity index (χ4v) is 12.0. The van der Waals surface area contributed by atoms with Crippen molar-refractivity contribution in [1.29, 1.82) is 0 Å². The largest absolute Gasteiger partial charge is 0.472 e. The van der Waals surface area contributed by atoms with Gasteiger partial charge in [0.15, 0.2) is 6.10 Å². The van der Waals surface area contributed by atoms with Crippen LogP contribution in [0.2, 0.25) is 0 Å². The number of ether oxygens (including phenoxy) is 3. The van der Waals surface area contributed by atoms with Crippen LogP contribution in [0.4, 0.5) is 0 Å². The molecule has 0 aliphatic heterocycles. The molecular formula is C79H140O16P2. The second-order valence-electron chi connectivity index (χ2n) is 25.8. The summed E-state index contributed by atoms with van der Waals surface area (Å²) >= 11 is 0. The molecule has 0 aliphatic rings. The number of hydrogen-bond acceptors (Lipinski definition) is 14. The molecule has 0 rings (SSSR count). The first-order valence-corrected chi connectivity index (χ1v) is 41.5. The molecule has 16 nitrogen and oxygen atoms in total. The van der Waals surface area contributed by atoms with Gasteiger partial charge in [0, 0.05) is 19.3 Å². The lowest BCUT2D eigenvalue weighted by atomic mass is 10.0. The molecule has 0 aromatic rings. The first kappa shape index (κ1) is 93.5. The fraction of sp³-hybridized carbons (Fsp3) is 0.759. The Balaban J connectivity index is 4.29. The molecule has 0 amide bonds. The third-order valence-electron chi connectivity index (χ3n) is 16.3. The molecule has 0 saturated heterocycles. The van der Waals surface area contributed by atoms with Crippen molar-refractivity contribution in [3.05, 3.63) is 97.2 Å². The van der Waals surface area contributed by atoms with Crippen molar-refractivity contribution in [3.8, 4) is 0 Å². The van der Waals surface area contributed by atoms with E-state index < -0.39 is 91.5 Å². The molecule has 5 atom stereocenters. The van der Waals surface area contributed by atoms with Gasteiger partial charge < -0.3 is 34.2 Å². The molecule has 0 radical (unpaired) electrons. The van der Waals surface area contributed by atoms with Crippen LogP contribution < -0.4 is 0 Å². The Morgan fingerprint density at radius 2 is 0.546 bits per heavy atom. The zero-order valence-corrected chi connectivity index (χ0v) is 63.0. The van der Waals surface area contributed by atoms with E-state index in [2.05, 4.69) is 118 Å². The predicted octanol–water partition coefficient (Wildman–Crippen LogP) is 22.2. The van der Waals surface area contributed by atoms with Crippen LogP contribution in [0.1, 0.15) is 329 Å². The average Bonchev–Trinajstić information content (AvgIpc) is 2.25. The summed E-state index contributed by atoms with van der Waals surface area (Å²) in [4.78, 5) is 58.4. The van der Waals surface area contributed by atoms with Crippen LogP contribution >= 0.6 is 15.6 Å². The minimum Gasteiger partial charge on any atom is -0.463 e. The van der Waals surface area contributed by atoms with Gasteiger partial charge in [-0.25, -0.2) is 9.13 Å². The maximum atomic E-state index is 12.9. The van der Waals surface area contributed by atoms with Gasteiger partial charge in [0.25, 0.3) is 0 Å². The predicted molar refractivity (Wildman–Crippen MR) is 399 cm³/mol. The van der Waals surface area contributed by atoms with Gasteiger partial charge in [-0.2, -0.15) is 0 Å². The lowest BCUT2D eigenvalue weighted by Crippen LogP contribution is -2.30. The fourth-order valence-electron chi connectivity index (χ4n) is 10.4. The van der Waals surface area contributed by atoms with Gasteiger partial charge in [-0.1, -0.05) is 304 Å². The van der Waals surface area contributed by atoms with Gasteiger partial charge in [0.05, 0.1) is 26.4 Å². The molecule has 0 aromatic heterocycles. The zero-order valence-electron chi connectivity index (χ0n) is 61.2. The number of carbonyl (C=O) groups excluding carboxylic acids is 3. The molecule has 0 saturated carbocycles. The van der Waals surface area contributed by atoms with Crippen molar-refractivity contribution >= 4 is 33.6 Å². The molecule has 0 aromatic carbocycles. The smallest absolute Gasteiger partial charge is 0.463 e. The molecule has 18 heteroatoms. The number of allylic oxidation sites excluding steroid dienone is 16. The van der Waals surface area contributed by atoms with E-state index in [4.69, 9.17) is 32.3 Å². The molecular weight excluding hydrogens is 1270 g/mol. The van der Waals surface area contributed by atoms with Gasteiger partial charge >= 0.3 is 33.6 Å². The molecule has 0 spiro atoms. The Bertz CT molecular complexity index is 2150. The quantitative estimate of drug-likeness (QED) is 0.0146. The Morgan fingerprint density at radius 1 is 0.299 bits per heavy atom. The van der Waals surface area contributed by atoms with E-state index in [-0.39, 0.29) is 19.3 Å². The van der Waals surface area contributed by atoms with Crippen LogP contribution in [0.25, 0.3) is 0 Å². The highest BCUT2D eigenvalue weighted by atomic mass is 31.2. The summed E-state index contributed by atoms with van der Waals surface area (Å²) in [5.41, 5.74) is 0. The highest BCUT2D eigenvalue weighted by Gasteiger charge is 2.29. The highest BCUT2D eigenvalue weighted by molar-refractivity contribution is 7.47. The summed E-state index contributed by atoms with van der Waals surface area (Å²) in [5, 5.41) is 20.6. The first-order chi connectivity index (χ1) is 47.2. The van der Waals surface area contributed by atoms with E-state index >= 15 is 0 Å². The maximum Gasteiger partial charge on any atom is 0.472 e. The SMILES string of the molecule is CC/C=C\C/C=C\C/C=C\C/C=C\C/C=C\C/C=C\CCCCCCCCCCCCCCCCCCC(=O)OCC(O)COP(=O)(O)OCC(O)COP(=O)(O)OCC(COC(=O)CCCCCCC/C=C\C/C=C\CCCCC)OC(=O)CCCCCCCCCCCCC. The van der Waals surface area contributed by atoms with Crippen molar-refractivity contribution in [3.63, 3.8) is 0 Å². The Hall–Kier alpha value is -3.53. The molecule has 0 aliphatic carbocycles. The maximum absolute atomic E-state index is 12.9. The number of phosphoric ester groups is 2. The van der Waals surface area contributed by atoms with Crippen LogP contribution in [-0.2, 0) is 55.8 Å². The van der Waals surface area contributed by atoms with E-state index in [0.717, 1.165) is 128 Å². The van der Waals surface area contributed by atoms with Gasteiger partial charge in [0.2, 0.25) is 0 Å². The van der Waals surface area contributed by atoms with E-state index in [1.165, 1.54) is 141 Å². The number of unbranched alkanes of at least 4 members (excludes halogenated alkanes) is 34. The standard InChI is InChI=1S/C79H140O16P2/c1-4-7-10-13-16-19-22-24-26-27-28-29-30-31-32-33-34-35-36-37-38-39-40-41-42-43-44-45-47-49-51-53-56-59-62-65-77(82)89-68-74(80)69-91-96(85,86)92-70-75(81)71-93-97(87,88)94-73-76(95-79(84)67-64-61-58-55-50-21-18-15-12-9-6-3)72-90-78(83)66-63-60-57-54-52-48-46-25-23-20-17-14-11-8-5-2/h7,10,16-17,19-20,24-26,28-29,31-32,34-35,46,74-76,80-81H,4-6,8-9,11-15,18,21-23,27,30,33,36-45,47-73H2,1-3H3,(H,85,86)(H,87,88)/b10-7-,19-16-,20-17-,26-24-,29-28-,32-31-,35-34-,46-25-. The van der Waals surface area contributed by atoms with Crippen LogP contribution in [0.3, 0.4) is 0 Å². The summed E-state index contributed by atoms with van der Waals surface area (Å²) in [7, 11) is -9.77. The van der Waals surface area contributed by atoms with Gasteiger partial charge in [0.1, 0.15) is 25.4 Å². The number of rotatable bonds is 73. The molecule has 0 fully saturated rings. The third kappa shape index (κ3) is 73.5. The molecule has 4 N–H and O–H groups in total. The molecule has 97 heavy (non-hydrogen) atoms. The van der Waals surface area contributed by atoms with E-state index in [1.807, 2.05) is 0 Å². The van der Waals surface area contributed by atoms with Crippen LogP contribution in [0.5, 0.6) is 0 Å². The lowest BCUT2D eigenvalue weighted by molar-refractivity contribution is -0.161. The van der Waals surface area contributed by atoms with E-state index in [9.17, 15) is 43.5 Å². The first-order valence-electron chi connectivity index (χ1n) is 38.5. The number of carbonyl (C=O) groups is 3. The second kappa shape index (κ2) is 72.3. The van der Waals surface area contributed by atoms with Crippen molar-refractivity contribution < 1.29 is 75.8 Å².